The van der Waals surface area contributed by atoms with Crippen molar-refractivity contribution in [1.29, 1.82) is 0 Å². The zero-order chi connectivity index (χ0) is 17.8. The van der Waals surface area contributed by atoms with Crippen LogP contribution in [-0.2, 0) is 27.2 Å². The Morgan fingerprint density at radius 3 is 2.64 bits per heavy atom. The van der Waals surface area contributed by atoms with Crippen LogP contribution < -0.4 is 5.32 Å². The zero-order valence-electron chi connectivity index (χ0n) is 15.5. The van der Waals surface area contributed by atoms with E-state index < -0.39 is 0 Å². The third-order valence-corrected chi connectivity index (χ3v) is 4.79. The number of aryl methyl sites for hydroxylation is 2. The third kappa shape index (κ3) is 4.15. The molecule has 0 radical (unpaired) electrons. The Bertz CT molecular complexity index is 724. The SMILES string of the molecule is Cc1nnc(CN=C(NC2CCCC2)N(C)Cc2ncnn2C)n1C. The van der Waals surface area contributed by atoms with Gasteiger partial charge in [-0.1, -0.05) is 12.8 Å². The number of aliphatic imine (C=N–C) groups is 1. The maximum atomic E-state index is 4.79. The average Bonchev–Trinajstić information content (AvgIpc) is 3.31. The van der Waals surface area contributed by atoms with Crippen molar-refractivity contribution in [2.24, 2.45) is 19.1 Å². The molecule has 2 heterocycles. The van der Waals surface area contributed by atoms with Crippen molar-refractivity contribution in [3.05, 3.63) is 23.8 Å². The van der Waals surface area contributed by atoms with Crippen molar-refractivity contribution in [1.82, 2.24) is 39.7 Å². The van der Waals surface area contributed by atoms with Gasteiger partial charge in [0.2, 0.25) is 0 Å². The summed E-state index contributed by atoms with van der Waals surface area (Å²) in [7, 11) is 5.89. The monoisotopic (exact) mass is 345 g/mol. The normalized spacial score (nSPS) is 15.8. The van der Waals surface area contributed by atoms with Gasteiger partial charge < -0.3 is 14.8 Å². The number of nitrogens with one attached hydrogen (secondary N) is 1. The second-order valence-electron chi connectivity index (χ2n) is 6.64. The van der Waals surface area contributed by atoms with Gasteiger partial charge in [0.05, 0.1) is 6.54 Å². The molecule has 0 unspecified atom stereocenters. The highest BCUT2D eigenvalue weighted by Gasteiger charge is 2.19. The van der Waals surface area contributed by atoms with Crippen LogP contribution in [0.1, 0.15) is 43.2 Å². The molecule has 1 N–H and O–H groups in total. The Morgan fingerprint density at radius 1 is 1.28 bits per heavy atom. The molecule has 1 fully saturated rings. The van der Waals surface area contributed by atoms with Crippen LogP contribution in [0.25, 0.3) is 0 Å². The zero-order valence-corrected chi connectivity index (χ0v) is 15.5. The first-order chi connectivity index (χ1) is 12.0. The smallest absolute Gasteiger partial charge is 0.194 e. The van der Waals surface area contributed by atoms with Crippen molar-refractivity contribution < 1.29 is 0 Å². The predicted molar refractivity (Wildman–Crippen MR) is 94.7 cm³/mol. The van der Waals surface area contributed by atoms with Crippen LogP contribution in [0.5, 0.6) is 0 Å². The summed E-state index contributed by atoms with van der Waals surface area (Å²) in [5.41, 5.74) is 0. The molecule has 25 heavy (non-hydrogen) atoms. The fourth-order valence-corrected chi connectivity index (χ4v) is 3.01. The molecule has 136 valence electrons. The highest BCUT2D eigenvalue weighted by atomic mass is 15.4. The molecule has 0 bridgehead atoms. The maximum absolute atomic E-state index is 4.79. The number of rotatable bonds is 5. The predicted octanol–water partition coefficient (Wildman–Crippen LogP) is 0.772. The van der Waals surface area contributed by atoms with Crippen LogP contribution >= 0.6 is 0 Å². The van der Waals surface area contributed by atoms with E-state index in [2.05, 4.69) is 30.5 Å². The van der Waals surface area contributed by atoms with E-state index in [0.29, 0.717) is 19.1 Å². The summed E-state index contributed by atoms with van der Waals surface area (Å²) in [5.74, 6) is 3.52. The second-order valence-corrected chi connectivity index (χ2v) is 6.64. The number of guanidine groups is 1. The number of hydrogen-bond donors (Lipinski definition) is 1. The lowest BCUT2D eigenvalue weighted by atomic mass is 10.2. The highest BCUT2D eigenvalue weighted by molar-refractivity contribution is 5.80. The van der Waals surface area contributed by atoms with Crippen molar-refractivity contribution in [3.8, 4) is 0 Å². The minimum Gasteiger partial charge on any atom is -0.353 e. The first-order valence-corrected chi connectivity index (χ1v) is 8.74. The van der Waals surface area contributed by atoms with Gasteiger partial charge >= 0.3 is 0 Å². The van der Waals surface area contributed by atoms with E-state index in [1.54, 1.807) is 11.0 Å². The van der Waals surface area contributed by atoms with E-state index >= 15 is 0 Å². The van der Waals surface area contributed by atoms with Crippen LogP contribution in [0.3, 0.4) is 0 Å². The summed E-state index contributed by atoms with van der Waals surface area (Å²) >= 11 is 0. The van der Waals surface area contributed by atoms with Crippen LogP contribution in [0.15, 0.2) is 11.3 Å². The van der Waals surface area contributed by atoms with Gasteiger partial charge in [-0.3, -0.25) is 4.68 Å². The summed E-state index contributed by atoms with van der Waals surface area (Å²) in [4.78, 5) is 11.2. The molecule has 0 aliphatic heterocycles. The van der Waals surface area contributed by atoms with Gasteiger partial charge in [0, 0.05) is 27.2 Å². The summed E-state index contributed by atoms with van der Waals surface area (Å²) in [6.07, 6.45) is 6.52. The van der Waals surface area contributed by atoms with E-state index in [-0.39, 0.29) is 0 Å². The minimum atomic E-state index is 0.488. The minimum absolute atomic E-state index is 0.488. The molecule has 1 saturated carbocycles. The van der Waals surface area contributed by atoms with Crippen molar-refractivity contribution in [2.75, 3.05) is 7.05 Å². The van der Waals surface area contributed by atoms with Gasteiger partial charge in [0.25, 0.3) is 0 Å². The molecule has 0 saturated heterocycles. The fourth-order valence-electron chi connectivity index (χ4n) is 3.01. The van der Waals surface area contributed by atoms with Crippen LogP contribution in [-0.4, -0.2) is 53.5 Å². The first kappa shape index (κ1) is 17.4. The Morgan fingerprint density at radius 2 is 2.04 bits per heavy atom. The number of aromatic nitrogens is 6. The lowest BCUT2D eigenvalue weighted by Crippen LogP contribution is -2.43. The van der Waals surface area contributed by atoms with Crippen LogP contribution in [0.2, 0.25) is 0 Å². The molecule has 1 aliphatic rings. The van der Waals surface area contributed by atoms with Gasteiger partial charge in [-0.25, -0.2) is 9.98 Å². The molecule has 0 aromatic carbocycles. The maximum Gasteiger partial charge on any atom is 0.194 e. The summed E-state index contributed by atoms with van der Waals surface area (Å²) in [6, 6.07) is 0.488. The van der Waals surface area contributed by atoms with Gasteiger partial charge in [-0.2, -0.15) is 5.10 Å². The fraction of sp³-hybridized carbons (Fsp3) is 0.688. The molecule has 2 aromatic heterocycles. The quantitative estimate of drug-likeness (QED) is 0.636. The van der Waals surface area contributed by atoms with E-state index in [0.717, 1.165) is 23.4 Å². The molecule has 0 amide bonds. The van der Waals surface area contributed by atoms with Crippen LogP contribution in [0.4, 0.5) is 0 Å². The summed E-state index contributed by atoms with van der Waals surface area (Å²) < 4.78 is 3.76. The molecule has 1 aliphatic carbocycles. The molecule has 9 nitrogen and oxygen atoms in total. The Kier molecular flexibility index (Phi) is 5.30. The molecule has 3 rings (SSSR count). The Hall–Kier alpha value is -2.45. The van der Waals surface area contributed by atoms with E-state index in [1.807, 2.05) is 32.6 Å². The third-order valence-electron chi connectivity index (χ3n) is 4.79. The largest absolute Gasteiger partial charge is 0.353 e. The second kappa shape index (κ2) is 7.62. The molecule has 0 atom stereocenters. The highest BCUT2D eigenvalue weighted by Crippen LogP contribution is 2.18. The van der Waals surface area contributed by atoms with Gasteiger partial charge in [-0.05, 0) is 19.8 Å². The van der Waals surface area contributed by atoms with Gasteiger partial charge in [0.15, 0.2) is 11.8 Å². The van der Waals surface area contributed by atoms with E-state index in [4.69, 9.17) is 4.99 Å². The lowest BCUT2D eigenvalue weighted by molar-refractivity contribution is 0.434. The molecular formula is C16H27N9. The first-order valence-electron chi connectivity index (χ1n) is 8.74. The van der Waals surface area contributed by atoms with Gasteiger partial charge in [-0.15, -0.1) is 10.2 Å². The van der Waals surface area contributed by atoms with E-state index in [1.165, 1.54) is 25.7 Å². The standard InChI is InChI=1S/C16H27N9/c1-12-21-22-14(24(12)3)9-17-16(20-13-7-5-6-8-13)23(2)10-15-18-11-19-25(15)4/h11,13H,5-10H2,1-4H3,(H,17,20). The lowest BCUT2D eigenvalue weighted by Gasteiger charge is -2.25. The summed E-state index contributed by atoms with van der Waals surface area (Å²) in [5, 5.41) is 16.0. The number of nitrogens with zero attached hydrogens (tertiary/aromatic N) is 8. The van der Waals surface area contributed by atoms with Crippen molar-refractivity contribution in [2.45, 2.75) is 51.7 Å². The topological polar surface area (TPSA) is 89.1 Å². The van der Waals surface area contributed by atoms with Crippen molar-refractivity contribution in [3.63, 3.8) is 0 Å². The van der Waals surface area contributed by atoms with Crippen molar-refractivity contribution >= 4 is 5.96 Å². The van der Waals surface area contributed by atoms with Gasteiger partial charge in [0.1, 0.15) is 24.5 Å². The molecule has 0 spiro atoms. The Balaban J connectivity index is 1.74. The number of hydrogen-bond acceptors (Lipinski definition) is 5. The Labute approximate surface area is 148 Å². The average molecular weight is 345 g/mol. The van der Waals surface area contributed by atoms with Crippen LogP contribution in [0, 0.1) is 6.92 Å². The molecule has 9 heteroatoms. The molecule has 2 aromatic rings. The van der Waals surface area contributed by atoms with E-state index in [9.17, 15) is 0 Å². The molecular weight excluding hydrogens is 318 g/mol. The summed E-state index contributed by atoms with van der Waals surface area (Å²) in [6.45, 7) is 3.08.